The van der Waals surface area contributed by atoms with Gasteiger partial charge in [0, 0.05) is 6.61 Å². The SMILES string of the molecule is CCCOCC(C)OC(=O)c1c(F)c(F)c(F)c(F)c1F. The fourth-order valence-corrected chi connectivity index (χ4v) is 1.45. The number of benzene rings is 1. The molecule has 0 radical (unpaired) electrons. The highest BCUT2D eigenvalue weighted by molar-refractivity contribution is 5.90. The Kier molecular flexibility index (Phi) is 6.07. The van der Waals surface area contributed by atoms with Crippen molar-refractivity contribution in [1.82, 2.24) is 0 Å². The number of rotatable bonds is 6. The molecule has 3 nitrogen and oxygen atoms in total. The van der Waals surface area contributed by atoms with Gasteiger partial charge in [-0.05, 0) is 13.3 Å². The molecular formula is C13H13F5O3. The molecule has 8 heteroatoms. The van der Waals surface area contributed by atoms with E-state index in [1.165, 1.54) is 6.92 Å². The van der Waals surface area contributed by atoms with E-state index in [1.54, 1.807) is 0 Å². The summed E-state index contributed by atoms with van der Waals surface area (Å²) in [4.78, 5) is 11.5. The minimum atomic E-state index is -2.33. The van der Waals surface area contributed by atoms with Crippen molar-refractivity contribution in [3.05, 3.63) is 34.6 Å². The van der Waals surface area contributed by atoms with Crippen LogP contribution >= 0.6 is 0 Å². The highest BCUT2D eigenvalue weighted by atomic mass is 19.2. The van der Waals surface area contributed by atoms with Crippen LogP contribution in [0.3, 0.4) is 0 Å². The maximum Gasteiger partial charge on any atom is 0.344 e. The Labute approximate surface area is 117 Å². The van der Waals surface area contributed by atoms with E-state index in [9.17, 15) is 26.7 Å². The van der Waals surface area contributed by atoms with E-state index in [4.69, 9.17) is 4.74 Å². The van der Waals surface area contributed by atoms with Crippen molar-refractivity contribution >= 4 is 5.97 Å². The second-order valence-corrected chi connectivity index (χ2v) is 4.24. The summed E-state index contributed by atoms with van der Waals surface area (Å²) >= 11 is 0. The zero-order valence-electron chi connectivity index (χ0n) is 11.3. The van der Waals surface area contributed by atoms with Gasteiger partial charge in [0.15, 0.2) is 23.3 Å². The fourth-order valence-electron chi connectivity index (χ4n) is 1.45. The predicted octanol–water partition coefficient (Wildman–Crippen LogP) is 3.35. The molecule has 0 saturated carbocycles. The lowest BCUT2D eigenvalue weighted by molar-refractivity contribution is 0.00127. The van der Waals surface area contributed by atoms with Gasteiger partial charge in [0.05, 0.1) is 6.61 Å². The van der Waals surface area contributed by atoms with Crippen molar-refractivity contribution in [1.29, 1.82) is 0 Å². The van der Waals surface area contributed by atoms with Crippen LogP contribution in [-0.2, 0) is 9.47 Å². The van der Waals surface area contributed by atoms with Crippen LogP contribution in [0.4, 0.5) is 22.0 Å². The van der Waals surface area contributed by atoms with Gasteiger partial charge in [0.2, 0.25) is 5.82 Å². The van der Waals surface area contributed by atoms with Crippen molar-refractivity contribution in [2.24, 2.45) is 0 Å². The quantitative estimate of drug-likeness (QED) is 0.266. The van der Waals surface area contributed by atoms with Gasteiger partial charge in [0.25, 0.3) is 0 Å². The highest BCUT2D eigenvalue weighted by Gasteiger charge is 2.31. The fraction of sp³-hybridized carbons (Fsp3) is 0.462. The Morgan fingerprint density at radius 2 is 1.48 bits per heavy atom. The molecule has 0 bridgehead atoms. The number of hydrogen-bond donors (Lipinski definition) is 0. The van der Waals surface area contributed by atoms with Crippen molar-refractivity contribution in [3.63, 3.8) is 0 Å². The van der Waals surface area contributed by atoms with E-state index in [2.05, 4.69) is 4.74 Å². The van der Waals surface area contributed by atoms with Gasteiger partial charge in [-0.25, -0.2) is 26.7 Å². The lowest BCUT2D eigenvalue weighted by atomic mass is 10.1. The summed E-state index contributed by atoms with van der Waals surface area (Å²) in [6, 6.07) is 0. The molecule has 0 N–H and O–H groups in total. The molecule has 0 spiro atoms. The lowest BCUT2D eigenvalue weighted by Crippen LogP contribution is -2.23. The van der Waals surface area contributed by atoms with Gasteiger partial charge in [0.1, 0.15) is 11.7 Å². The molecule has 21 heavy (non-hydrogen) atoms. The zero-order valence-corrected chi connectivity index (χ0v) is 11.3. The molecule has 0 amide bonds. The van der Waals surface area contributed by atoms with Crippen LogP contribution < -0.4 is 0 Å². The molecule has 0 aliphatic carbocycles. The van der Waals surface area contributed by atoms with Crippen molar-refractivity contribution < 1.29 is 36.2 Å². The zero-order chi connectivity index (χ0) is 16.2. The Bertz CT molecular complexity index is 504. The van der Waals surface area contributed by atoms with Gasteiger partial charge in [-0.15, -0.1) is 0 Å². The molecule has 0 fully saturated rings. The smallest absolute Gasteiger partial charge is 0.344 e. The molecule has 1 rings (SSSR count). The third-order valence-electron chi connectivity index (χ3n) is 2.42. The van der Waals surface area contributed by atoms with Crippen LogP contribution in [0.2, 0.25) is 0 Å². The summed E-state index contributed by atoms with van der Waals surface area (Å²) in [6.07, 6.45) is -0.197. The molecule has 0 aliphatic rings. The summed E-state index contributed by atoms with van der Waals surface area (Å²) in [5.74, 6) is -12.8. The van der Waals surface area contributed by atoms with Crippen molar-refractivity contribution in [2.45, 2.75) is 26.4 Å². The summed E-state index contributed by atoms with van der Waals surface area (Å²) in [6.45, 7) is 3.52. The molecular weight excluding hydrogens is 299 g/mol. The largest absolute Gasteiger partial charge is 0.456 e. The number of carbonyl (C=O) groups excluding carboxylic acids is 1. The Morgan fingerprint density at radius 3 is 1.95 bits per heavy atom. The molecule has 0 aliphatic heterocycles. The van der Waals surface area contributed by atoms with Crippen LogP contribution in [0.5, 0.6) is 0 Å². The second-order valence-electron chi connectivity index (χ2n) is 4.24. The lowest BCUT2D eigenvalue weighted by Gasteiger charge is -2.14. The first-order valence-corrected chi connectivity index (χ1v) is 6.11. The minimum Gasteiger partial charge on any atom is -0.456 e. The molecule has 0 aromatic heterocycles. The topological polar surface area (TPSA) is 35.5 Å². The summed E-state index contributed by atoms with van der Waals surface area (Å²) in [7, 11) is 0. The summed E-state index contributed by atoms with van der Waals surface area (Å²) in [5.41, 5.74) is -1.62. The predicted molar refractivity (Wildman–Crippen MR) is 62.2 cm³/mol. The molecule has 1 aromatic rings. The summed E-state index contributed by atoms with van der Waals surface area (Å²) in [5, 5.41) is 0. The number of halogens is 5. The van der Waals surface area contributed by atoms with Crippen LogP contribution in [0.25, 0.3) is 0 Å². The monoisotopic (exact) mass is 312 g/mol. The van der Waals surface area contributed by atoms with E-state index in [0.29, 0.717) is 13.0 Å². The van der Waals surface area contributed by atoms with Crippen LogP contribution in [-0.4, -0.2) is 25.3 Å². The van der Waals surface area contributed by atoms with Gasteiger partial charge in [-0.3, -0.25) is 0 Å². The third kappa shape index (κ3) is 3.90. The molecule has 118 valence electrons. The standard InChI is InChI=1S/C13H13F5O3/c1-3-4-20-5-6(2)21-13(19)7-8(14)10(16)12(18)11(17)9(7)15/h6H,3-5H2,1-2H3. The first-order chi connectivity index (χ1) is 9.81. The van der Waals surface area contributed by atoms with Gasteiger partial charge in [-0.2, -0.15) is 0 Å². The second kappa shape index (κ2) is 7.35. The molecule has 1 atom stereocenters. The van der Waals surface area contributed by atoms with Gasteiger partial charge >= 0.3 is 5.97 Å². The van der Waals surface area contributed by atoms with E-state index >= 15 is 0 Å². The number of hydrogen-bond acceptors (Lipinski definition) is 3. The van der Waals surface area contributed by atoms with Crippen LogP contribution in [0, 0.1) is 29.1 Å². The van der Waals surface area contributed by atoms with Crippen molar-refractivity contribution in [2.75, 3.05) is 13.2 Å². The first kappa shape index (κ1) is 17.4. The Hall–Kier alpha value is -1.70. The Morgan fingerprint density at radius 1 is 1.00 bits per heavy atom. The average molecular weight is 312 g/mol. The average Bonchev–Trinajstić information content (AvgIpc) is 2.43. The third-order valence-corrected chi connectivity index (χ3v) is 2.42. The van der Waals surface area contributed by atoms with Crippen molar-refractivity contribution in [3.8, 4) is 0 Å². The number of ether oxygens (including phenoxy) is 2. The van der Waals surface area contributed by atoms with Gasteiger partial charge in [-0.1, -0.05) is 6.92 Å². The number of carbonyl (C=O) groups is 1. The van der Waals surface area contributed by atoms with Crippen LogP contribution in [0.15, 0.2) is 0 Å². The molecule has 0 saturated heterocycles. The van der Waals surface area contributed by atoms with Crippen LogP contribution in [0.1, 0.15) is 30.6 Å². The first-order valence-electron chi connectivity index (χ1n) is 6.11. The maximum atomic E-state index is 13.4. The van der Waals surface area contributed by atoms with E-state index in [0.717, 1.165) is 0 Å². The Balaban J connectivity index is 2.93. The molecule has 1 aromatic carbocycles. The van der Waals surface area contributed by atoms with E-state index in [-0.39, 0.29) is 6.61 Å². The van der Waals surface area contributed by atoms with Gasteiger partial charge < -0.3 is 9.47 Å². The normalized spacial score (nSPS) is 12.3. The maximum absolute atomic E-state index is 13.4. The van der Waals surface area contributed by atoms with E-state index < -0.39 is 46.7 Å². The molecule has 1 unspecified atom stereocenters. The minimum absolute atomic E-state index is 0.0605. The summed E-state index contributed by atoms with van der Waals surface area (Å²) < 4.78 is 75.1. The highest BCUT2D eigenvalue weighted by Crippen LogP contribution is 2.23. The number of esters is 1. The molecule has 0 heterocycles. The van der Waals surface area contributed by atoms with E-state index in [1.807, 2.05) is 6.92 Å².